The van der Waals surface area contributed by atoms with E-state index in [-0.39, 0.29) is 5.91 Å². The fraction of sp³-hybridized carbons (Fsp3) is 0.261. The third kappa shape index (κ3) is 4.06. The molecule has 0 spiro atoms. The molecule has 1 saturated heterocycles. The quantitative estimate of drug-likeness (QED) is 0.563. The molecule has 1 fully saturated rings. The number of anilines is 2. The predicted octanol–water partition coefficient (Wildman–Crippen LogP) is 5.63. The zero-order valence-corrected chi connectivity index (χ0v) is 16.3. The summed E-state index contributed by atoms with van der Waals surface area (Å²) in [4.78, 5) is 13.6. The molecule has 2 aromatic carbocycles. The number of halogens is 3. The number of alkyl halides is 3. The van der Waals surface area contributed by atoms with E-state index >= 15 is 0 Å². The minimum absolute atomic E-state index is 0.246. The van der Waals surface area contributed by atoms with E-state index in [0.717, 1.165) is 60.3 Å². The van der Waals surface area contributed by atoms with Gasteiger partial charge in [0.2, 0.25) is 5.91 Å². The van der Waals surface area contributed by atoms with Crippen molar-refractivity contribution in [1.29, 1.82) is 0 Å². The molecule has 0 atom stereocenters. The van der Waals surface area contributed by atoms with Gasteiger partial charge in [0.1, 0.15) is 0 Å². The van der Waals surface area contributed by atoms with Crippen LogP contribution in [0.25, 0.3) is 10.9 Å². The van der Waals surface area contributed by atoms with Crippen molar-refractivity contribution in [2.24, 2.45) is 0 Å². The molecule has 4 nitrogen and oxygen atoms in total. The second-order valence-corrected chi connectivity index (χ2v) is 7.45. The molecule has 0 aliphatic carbocycles. The molecule has 1 aromatic heterocycles. The van der Waals surface area contributed by atoms with Gasteiger partial charge in [-0.1, -0.05) is 6.58 Å². The van der Waals surface area contributed by atoms with Crippen molar-refractivity contribution >= 4 is 28.2 Å². The number of hydrogen-bond donors (Lipinski definition) is 1. The maximum Gasteiger partial charge on any atom is 0.416 e. The molecule has 0 radical (unpaired) electrons. The number of carbonyl (C=O) groups is 1. The number of rotatable bonds is 4. The van der Waals surface area contributed by atoms with Crippen LogP contribution in [0.5, 0.6) is 0 Å². The summed E-state index contributed by atoms with van der Waals surface area (Å²) >= 11 is 0. The number of nitrogens with zero attached hydrogens (tertiary/aromatic N) is 2. The summed E-state index contributed by atoms with van der Waals surface area (Å²) in [6.07, 6.45) is 0.789. The fourth-order valence-electron chi connectivity index (χ4n) is 4.02. The minimum Gasteiger partial charge on any atom is -0.371 e. The number of piperidine rings is 1. The maximum absolute atomic E-state index is 12.8. The van der Waals surface area contributed by atoms with Crippen LogP contribution in [-0.4, -0.2) is 23.6 Å². The Morgan fingerprint density at radius 1 is 1.07 bits per heavy atom. The van der Waals surface area contributed by atoms with E-state index in [2.05, 4.69) is 27.6 Å². The SMILES string of the molecule is C=CC(=O)Nc1ccc2c(ccn2C2CCN(c3ccc(C(F)(F)F)cc3)CC2)c1. The lowest BCUT2D eigenvalue weighted by Gasteiger charge is -2.34. The lowest BCUT2D eigenvalue weighted by molar-refractivity contribution is -0.137. The molecular formula is C23H22F3N3O. The third-order valence-corrected chi connectivity index (χ3v) is 5.59. The molecule has 2 heterocycles. The Balaban J connectivity index is 1.44. The van der Waals surface area contributed by atoms with Gasteiger partial charge in [0.15, 0.2) is 0 Å². The average molecular weight is 413 g/mol. The highest BCUT2D eigenvalue weighted by atomic mass is 19.4. The van der Waals surface area contributed by atoms with Gasteiger partial charge in [0.05, 0.1) is 5.56 Å². The van der Waals surface area contributed by atoms with E-state index in [1.165, 1.54) is 6.08 Å². The molecule has 7 heteroatoms. The van der Waals surface area contributed by atoms with Crippen molar-refractivity contribution in [1.82, 2.24) is 4.57 Å². The van der Waals surface area contributed by atoms with Crippen molar-refractivity contribution < 1.29 is 18.0 Å². The van der Waals surface area contributed by atoms with Crippen LogP contribution in [0, 0.1) is 0 Å². The van der Waals surface area contributed by atoms with Gasteiger partial charge in [-0.25, -0.2) is 0 Å². The molecule has 1 N–H and O–H groups in total. The first kappa shape index (κ1) is 20.1. The Morgan fingerprint density at radius 2 is 1.77 bits per heavy atom. The lowest BCUT2D eigenvalue weighted by atomic mass is 10.0. The second kappa shape index (κ2) is 7.89. The Kier molecular flexibility index (Phi) is 5.28. The lowest BCUT2D eigenvalue weighted by Crippen LogP contribution is -2.34. The first-order valence-electron chi connectivity index (χ1n) is 9.81. The molecule has 1 aliphatic heterocycles. The predicted molar refractivity (Wildman–Crippen MR) is 113 cm³/mol. The molecule has 0 saturated carbocycles. The van der Waals surface area contributed by atoms with Crippen molar-refractivity contribution in [3.05, 3.63) is 72.9 Å². The highest BCUT2D eigenvalue weighted by molar-refractivity contribution is 6.00. The summed E-state index contributed by atoms with van der Waals surface area (Å²) in [6.45, 7) is 5.02. The fourth-order valence-corrected chi connectivity index (χ4v) is 4.02. The van der Waals surface area contributed by atoms with Gasteiger partial charge < -0.3 is 14.8 Å². The third-order valence-electron chi connectivity index (χ3n) is 5.59. The minimum atomic E-state index is -4.31. The summed E-state index contributed by atoms with van der Waals surface area (Å²) in [6, 6.07) is 13.5. The Hall–Kier alpha value is -3.22. The summed E-state index contributed by atoms with van der Waals surface area (Å²) in [7, 11) is 0. The van der Waals surface area contributed by atoms with Crippen LogP contribution in [0.3, 0.4) is 0 Å². The summed E-state index contributed by atoms with van der Waals surface area (Å²) in [5.41, 5.74) is 2.02. The second-order valence-electron chi connectivity index (χ2n) is 7.45. The van der Waals surface area contributed by atoms with Crippen LogP contribution in [0.2, 0.25) is 0 Å². The van der Waals surface area contributed by atoms with Crippen LogP contribution >= 0.6 is 0 Å². The van der Waals surface area contributed by atoms with Crippen LogP contribution in [0.4, 0.5) is 24.5 Å². The normalized spacial score (nSPS) is 15.4. The average Bonchev–Trinajstić information content (AvgIpc) is 3.16. The van der Waals surface area contributed by atoms with Crippen molar-refractivity contribution in [2.45, 2.75) is 25.1 Å². The van der Waals surface area contributed by atoms with Gasteiger partial charge in [-0.2, -0.15) is 13.2 Å². The van der Waals surface area contributed by atoms with Crippen molar-refractivity contribution in [3.63, 3.8) is 0 Å². The zero-order chi connectivity index (χ0) is 21.3. The molecule has 156 valence electrons. The Morgan fingerprint density at radius 3 is 2.40 bits per heavy atom. The zero-order valence-electron chi connectivity index (χ0n) is 16.3. The molecule has 1 amide bonds. The van der Waals surface area contributed by atoms with E-state index in [1.807, 2.05) is 24.3 Å². The van der Waals surface area contributed by atoms with Gasteiger partial charge in [-0.3, -0.25) is 4.79 Å². The molecule has 0 unspecified atom stereocenters. The molecule has 1 aliphatic rings. The maximum atomic E-state index is 12.8. The smallest absolute Gasteiger partial charge is 0.371 e. The van der Waals surface area contributed by atoms with E-state index in [1.54, 1.807) is 12.1 Å². The highest BCUT2D eigenvalue weighted by Gasteiger charge is 2.30. The van der Waals surface area contributed by atoms with Gasteiger partial charge in [0.25, 0.3) is 0 Å². The molecule has 0 bridgehead atoms. The van der Waals surface area contributed by atoms with Crippen molar-refractivity contribution in [2.75, 3.05) is 23.3 Å². The van der Waals surface area contributed by atoms with E-state index < -0.39 is 11.7 Å². The number of hydrogen-bond acceptors (Lipinski definition) is 2. The van der Waals surface area contributed by atoms with Crippen molar-refractivity contribution in [3.8, 4) is 0 Å². The van der Waals surface area contributed by atoms with Gasteiger partial charge in [-0.15, -0.1) is 0 Å². The first-order valence-corrected chi connectivity index (χ1v) is 9.81. The van der Waals surface area contributed by atoms with Crippen LogP contribution in [0.1, 0.15) is 24.4 Å². The number of nitrogens with one attached hydrogen (secondary N) is 1. The number of benzene rings is 2. The molecule has 4 rings (SSSR count). The van der Waals surface area contributed by atoms with Gasteiger partial charge >= 0.3 is 6.18 Å². The largest absolute Gasteiger partial charge is 0.416 e. The molecule has 30 heavy (non-hydrogen) atoms. The highest BCUT2D eigenvalue weighted by Crippen LogP contribution is 2.33. The first-order chi connectivity index (χ1) is 14.3. The molecule has 3 aromatic rings. The number of fused-ring (bicyclic) bond motifs is 1. The standard InChI is InChI=1S/C23H22F3N3O/c1-2-22(30)27-18-5-8-21-16(15-18)9-14-29(21)20-10-12-28(13-11-20)19-6-3-17(4-7-19)23(24,25)26/h2-9,14-15,20H,1,10-13H2,(H,27,30). The summed E-state index contributed by atoms with van der Waals surface area (Å²) in [5.74, 6) is -0.246. The van der Waals surface area contributed by atoms with Crippen LogP contribution < -0.4 is 10.2 Å². The number of amides is 1. The van der Waals surface area contributed by atoms with Gasteiger partial charge in [0, 0.05) is 47.6 Å². The number of aromatic nitrogens is 1. The Labute approximate surface area is 172 Å². The van der Waals surface area contributed by atoms with Gasteiger partial charge in [-0.05, 0) is 67.4 Å². The summed E-state index contributed by atoms with van der Waals surface area (Å²) in [5, 5.41) is 3.81. The van der Waals surface area contributed by atoms with E-state index in [4.69, 9.17) is 0 Å². The molecular weight excluding hydrogens is 391 g/mol. The van der Waals surface area contributed by atoms with Crippen LogP contribution in [-0.2, 0) is 11.0 Å². The summed E-state index contributed by atoms with van der Waals surface area (Å²) < 4.78 is 40.5. The topological polar surface area (TPSA) is 37.3 Å². The number of carbonyl (C=O) groups excluding carboxylic acids is 1. The van der Waals surface area contributed by atoms with Crippen LogP contribution in [0.15, 0.2) is 67.4 Å². The van der Waals surface area contributed by atoms with E-state index in [9.17, 15) is 18.0 Å². The Bertz CT molecular complexity index is 1060. The van der Waals surface area contributed by atoms with E-state index in [0.29, 0.717) is 6.04 Å². The monoisotopic (exact) mass is 413 g/mol.